The summed E-state index contributed by atoms with van der Waals surface area (Å²) in [6.45, 7) is 8.72. The topological polar surface area (TPSA) is 122 Å². The van der Waals surface area contributed by atoms with Crippen LogP contribution in [-0.2, 0) is 23.9 Å². The summed E-state index contributed by atoms with van der Waals surface area (Å²) >= 11 is 0. The van der Waals surface area contributed by atoms with Crippen LogP contribution >= 0.6 is 0 Å². The van der Waals surface area contributed by atoms with E-state index in [2.05, 4.69) is 5.32 Å². The first kappa shape index (κ1) is 29.6. The van der Waals surface area contributed by atoms with Crippen LogP contribution in [0.3, 0.4) is 0 Å². The number of aliphatic hydroxyl groups excluding tert-OH is 2. The third kappa shape index (κ3) is 7.20. The Morgan fingerprint density at radius 2 is 1.69 bits per heavy atom. The van der Waals surface area contributed by atoms with Crippen molar-refractivity contribution in [2.75, 3.05) is 14.2 Å². The van der Waals surface area contributed by atoms with Crippen molar-refractivity contribution < 1.29 is 34.1 Å². The SMILES string of the molecule is CO[C@H]1/C=C\C=C(/C)C(=O)NC2=CC(=O)C(C)=C(C[C@@H](C)C[C@H](OC)[C@H](O)[C@@H](C)/C=C(\C)[C@@H]1O)C2=O. The van der Waals surface area contributed by atoms with Gasteiger partial charge >= 0.3 is 0 Å². The zero-order valence-corrected chi connectivity index (χ0v) is 22.2. The Bertz CT molecular complexity index is 1020. The molecule has 0 aromatic carbocycles. The number of hydrogen-bond acceptors (Lipinski definition) is 7. The standard InChI is InChI=1S/C28H39NO7/c1-15-11-20-19(5)22(30)14-21(27(20)33)29-28(34)16(2)9-8-10-23(35-6)25(31)17(3)13-18(4)26(32)24(12-15)36-7/h8-10,13-15,18,23-26,31-32H,11-12H2,1-7H3,(H,29,34)/b10-8-,16-9+,17-13+/t15-,18+,23+,24+,25+,26-/m1/s1. The highest BCUT2D eigenvalue weighted by molar-refractivity contribution is 6.23. The largest absolute Gasteiger partial charge is 0.390 e. The highest BCUT2D eigenvalue weighted by Gasteiger charge is 2.31. The normalized spacial score (nSPS) is 35.4. The average molecular weight is 502 g/mol. The maximum absolute atomic E-state index is 13.2. The van der Waals surface area contributed by atoms with Crippen LogP contribution in [0, 0.1) is 11.8 Å². The molecule has 0 fully saturated rings. The van der Waals surface area contributed by atoms with Crippen LogP contribution in [0.1, 0.15) is 47.5 Å². The van der Waals surface area contributed by atoms with Gasteiger partial charge in [-0.05, 0) is 45.1 Å². The van der Waals surface area contributed by atoms with E-state index in [1.54, 1.807) is 39.0 Å². The van der Waals surface area contributed by atoms with Gasteiger partial charge in [0.15, 0.2) is 5.78 Å². The van der Waals surface area contributed by atoms with Gasteiger partial charge < -0.3 is 25.0 Å². The van der Waals surface area contributed by atoms with Crippen molar-refractivity contribution in [2.24, 2.45) is 11.8 Å². The van der Waals surface area contributed by atoms with Crippen molar-refractivity contribution in [3.05, 3.63) is 58.4 Å². The molecule has 2 aliphatic rings. The first-order chi connectivity index (χ1) is 16.9. The predicted molar refractivity (Wildman–Crippen MR) is 137 cm³/mol. The molecular formula is C28H39NO7. The fraction of sp³-hybridized carbons (Fsp3) is 0.536. The van der Waals surface area contributed by atoms with Crippen molar-refractivity contribution in [3.8, 4) is 0 Å². The van der Waals surface area contributed by atoms with Crippen molar-refractivity contribution in [1.82, 2.24) is 5.32 Å². The minimum Gasteiger partial charge on any atom is -0.390 e. The van der Waals surface area contributed by atoms with Crippen LogP contribution in [0.15, 0.2) is 58.4 Å². The summed E-state index contributed by atoms with van der Waals surface area (Å²) in [6.07, 6.45) is 5.38. The number of amides is 1. The summed E-state index contributed by atoms with van der Waals surface area (Å²) in [5.74, 6) is -1.67. The highest BCUT2D eigenvalue weighted by Crippen LogP contribution is 2.28. The Labute approximate surface area is 213 Å². The molecule has 0 spiro atoms. The molecule has 0 unspecified atom stereocenters. The first-order valence-electron chi connectivity index (χ1n) is 12.2. The maximum Gasteiger partial charge on any atom is 0.251 e. The van der Waals surface area contributed by atoms with Crippen molar-refractivity contribution >= 4 is 17.5 Å². The molecule has 1 amide bonds. The molecule has 1 aliphatic heterocycles. The second-order valence-corrected chi connectivity index (χ2v) is 9.77. The molecule has 0 saturated heterocycles. The minimum absolute atomic E-state index is 0.0607. The van der Waals surface area contributed by atoms with E-state index in [1.807, 2.05) is 13.8 Å². The molecule has 0 radical (unpaired) electrons. The van der Waals surface area contributed by atoms with Crippen LogP contribution in [0.4, 0.5) is 0 Å². The summed E-state index contributed by atoms with van der Waals surface area (Å²) in [5, 5.41) is 24.4. The quantitative estimate of drug-likeness (QED) is 0.393. The number of rotatable bonds is 2. The van der Waals surface area contributed by atoms with E-state index in [-0.39, 0.29) is 23.3 Å². The smallest absolute Gasteiger partial charge is 0.251 e. The molecule has 0 aromatic rings. The number of allylic oxidation sites excluding steroid dienone is 5. The summed E-state index contributed by atoms with van der Waals surface area (Å²) < 4.78 is 11.0. The molecule has 1 aliphatic carbocycles. The molecule has 0 aromatic heterocycles. The number of ketones is 2. The van der Waals surface area contributed by atoms with Crippen LogP contribution in [0.25, 0.3) is 0 Å². The van der Waals surface area contributed by atoms with E-state index in [9.17, 15) is 24.6 Å². The molecule has 198 valence electrons. The lowest BCUT2D eigenvalue weighted by Gasteiger charge is -2.29. The van der Waals surface area contributed by atoms with Gasteiger partial charge in [0, 0.05) is 42.9 Å². The van der Waals surface area contributed by atoms with E-state index in [0.29, 0.717) is 35.1 Å². The number of ether oxygens (including phenoxy) is 2. The lowest BCUT2D eigenvalue weighted by Crippen LogP contribution is -2.36. The molecule has 3 N–H and O–H groups in total. The molecule has 36 heavy (non-hydrogen) atoms. The Morgan fingerprint density at radius 1 is 1.03 bits per heavy atom. The summed E-state index contributed by atoms with van der Waals surface area (Å²) in [7, 11) is 2.99. The summed E-state index contributed by atoms with van der Waals surface area (Å²) in [4.78, 5) is 38.5. The van der Waals surface area contributed by atoms with E-state index in [0.717, 1.165) is 6.08 Å². The fourth-order valence-corrected chi connectivity index (χ4v) is 4.46. The van der Waals surface area contributed by atoms with Gasteiger partial charge in [0.1, 0.15) is 12.2 Å². The van der Waals surface area contributed by atoms with Gasteiger partial charge in [-0.2, -0.15) is 0 Å². The summed E-state index contributed by atoms with van der Waals surface area (Å²) in [6, 6.07) is 0. The van der Waals surface area contributed by atoms with Gasteiger partial charge in [-0.15, -0.1) is 0 Å². The van der Waals surface area contributed by atoms with Crippen molar-refractivity contribution in [3.63, 3.8) is 0 Å². The molecule has 8 heteroatoms. The minimum atomic E-state index is -0.964. The maximum atomic E-state index is 13.2. The van der Waals surface area contributed by atoms with E-state index >= 15 is 0 Å². The van der Waals surface area contributed by atoms with Gasteiger partial charge in [-0.3, -0.25) is 14.4 Å². The molecular weight excluding hydrogens is 462 g/mol. The molecule has 6 atom stereocenters. The molecule has 8 nitrogen and oxygen atoms in total. The second-order valence-electron chi connectivity index (χ2n) is 9.77. The van der Waals surface area contributed by atoms with Crippen LogP contribution < -0.4 is 5.32 Å². The van der Waals surface area contributed by atoms with Crippen molar-refractivity contribution in [1.29, 1.82) is 0 Å². The zero-order chi connectivity index (χ0) is 27.2. The van der Waals surface area contributed by atoms with Gasteiger partial charge in [-0.25, -0.2) is 0 Å². The fourth-order valence-electron chi connectivity index (χ4n) is 4.46. The van der Waals surface area contributed by atoms with Crippen LogP contribution in [0.5, 0.6) is 0 Å². The number of carbonyl (C=O) groups is 3. The second kappa shape index (κ2) is 13.1. The number of hydrogen-bond donors (Lipinski definition) is 3. The third-order valence-electron chi connectivity index (χ3n) is 6.86. The third-order valence-corrected chi connectivity index (χ3v) is 6.86. The Morgan fingerprint density at radius 3 is 2.31 bits per heavy atom. The van der Waals surface area contributed by atoms with Gasteiger partial charge in [0.2, 0.25) is 5.78 Å². The van der Waals surface area contributed by atoms with E-state index < -0.39 is 36.1 Å². The molecule has 2 rings (SSSR count). The lowest BCUT2D eigenvalue weighted by molar-refractivity contribution is -0.120. The first-order valence-corrected chi connectivity index (χ1v) is 12.2. The molecule has 0 saturated carbocycles. The average Bonchev–Trinajstić information content (AvgIpc) is 2.84. The van der Waals surface area contributed by atoms with Gasteiger partial charge in [0.25, 0.3) is 5.91 Å². The predicted octanol–water partition coefficient (Wildman–Crippen LogP) is 2.72. The van der Waals surface area contributed by atoms with Crippen molar-refractivity contribution in [2.45, 2.75) is 71.9 Å². The monoisotopic (exact) mass is 501 g/mol. The molecule has 1 heterocycles. The lowest BCUT2D eigenvalue weighted by atomic mass is 9.84. The summed E-state index contributed by atoms with van der Waals surface area (Å²) in [5.41, 5.74) is 1.58. The molecule has 2 bridgehead atoms. The van der Waals surface area contributed by atoms with E-state index in [4.69, 9.17) is 9.47 Å². The number of Topliss-reactive ketones (excluding diaryl/α,β-unsaturated/α-hetero) is 1. The Kier molecular flexibility index (Phi) is 10.7. The number of fused-ring (bicyclic) bond motifs is 2. The van der Waals surface area contributed by atoms with Crippen LogP contribution in [-0.4, -0.2) is 66.3 Å². The number of aliphatic hydroxyl groups is 2. The van der Waals surface area contributed by atoms with Gasteiger partial charge in [-0.1, -0.05) is 38.2 Å². The zero-order valence-electron chi connectivity index (χ0n) is 22.2. The highest BCUT2D eigenvalue weighted by atomic mass is 16.5. The van der Waals surface area contributed by atoms with Crippen LogP contribution in [0.2, 0.25) is 0 Å². The Hall–Kier alpha value is -2.65. The number of carbonyl (C=O) groups excluding carboxylic acids is 3. The number of methoxy groups -OCH3 is 2. The van der Waals surface area contributed by atoms with E-state index in [1.165, 1.54) is 20.3 Å². The van der Waals surface area contributed by atoms with Gasteiger partial charge in [0.05, 0.1) is 17.9 Å². The number of nitrogens with one attached hydrogen (secondary N) is 1. The Balaban J connectivity index is 2.50.